The zero-order chi connectivity index (χ0) is 13.6. The Morgan fingerprint density at radius 1 is 1.22 bits per heavy atom. The first-order chi connectivity index (χ1) is 8.16. The number of rotatable bonds is 2. The Hall–Kier alpha value is 0.0969. The van der Waals surface area contributed by atoms with E-state index in [1.807, 2.05) is 0 Å². The van der Waals surface area contributed by atoms with Crippen LogP contribution < -0.4 is 0 Å². The van der Waals surface area contributed by atoms with Gasteiger partial charge in [-0.05, 0) is 43.8 Å². The lowest BCUT2D eigenvalue weighted by Gasteiger charge is -2.42. The van der Waals surface area contributed by atoms with Crippen molar-refractivity contribution >= 4 is 8.32 Å². The van der Waals surface area contributed by atoms with E-state index in [0.29, 0.717) is 0 Å². The summed E-state index contributed by atoms with van der Waals surface area (Å²) in [6, 6.07) is 0. The number of ether oxygens (including phenoxy) is 1. The van der Waals surface area contributed by atoms with Gasteiger partial charge in [-0.25, -0.2) is 0 Å². The zero-order valence-corrected chi connectivity index (χ0v) is 13.5. The summed E-state index contributed by atoms with van der Waals surface area (Å²) in [7, 11) is -1.75. The van der Waals surface area contributed by atoms with Crippen LogP contribution in [0.3, 0.4) is 0 Å². The van der Waals surface area contributed by atoms with E-state index in [2.05, 4.69) is 33.9 Å². The van der Waals surface area contributed by atoms with E-state index in [9.17, 15) is 5.11 Å². The van der Waals surface area contributed by atoms with Crippen LogP contribution in [0, 0.1) is 0 Å². The summed E-state index contributed by atoms with van der Waals surface area (Å²) in [4.78, 5) is 0. The largest absolute Gasteiger partial charge is 0.411 e. The van der Waals surface area contributed by atoms with Gasteiger partial charge in [0.1, 0.15) is 0 Å². The average molecular weight is 272 g/mol. The van der Waals surface area contributed by atoms with Crippen molar-refractivity contribution in [2.45, 2.75) is 89.0 Å². The molecule has 0 amide bonds. The number of aliphatic hydroxyl groups is 1. The van der Waals surface area contributed by atoms with E-state index in [0.717, 1.165) is 32.1 Å². The van der Waals surface area contributed by atoms with Crippen molar-refractivity contribution in [3.63, 3.8) is 0 Å². The maximum absolute atomic E-state index is 9.66. The van der Waals surface area contributed by atoms with Gasteiger partial charge in [0.15, 0.2) is 14.6 Å². The molecule has 0 aromatic carbocycles. The number of hydrogen-bond acceptors (Lipinski definition) is 3. The van der Waals surface area contributed by atoms with Crippen LogP contribution in [0.5, 0.6) is 0 Å². The molecule has 4 heteroatoms. The minimum Gasteiger partial charge on any atom is -0.411 e. The highest BCUT2D eigenvalue weighted by atomic mass is 28.4. The van der Waals surface area contributed by atoms with Crippen molar-refractivity contribution in [2.75, 3.05) is 0 Å². The molecule has 18 heavy (non-hydrogen) atoms. The van der Waals surface area contributed by atoms with E-state index in [4.69, 9.17) is 9.16 Å². The van der Waals surface area contributed by atoms with Crippen LogP contribution in [0.1, 0.15) is 52.9 Å². The number of aliphatic hydroxyl groups excluding tert-OH is 1. The molecule has 3 atom stereocenters. The second-order valence-electron chi connectivity index (χ2n) is 7.43. The van der Waals surface area contributed by atoms with Gasteiger partial charge in [0.05, 0.1) is 11.7 Å². The van der Waals surface area contributed by atoms with Crippen LogP contribution in [-0.4, -0.2) is 31.4 Å². The van der Waals surface area contributed by atoms with Crippen molar-refractivity contribution in [2.24, 2.45) is 0 Å². The third-order valence-corrected chi connectivity index (χ3v) is 9.57. The normalized spacial score (nSPS) is 37.7. The Labute approximate surface area is 112 Å². The third kappa shape index (κ3) is 2.53. The molecule has 1 heterocycles. The van der Waals surface area contributed by atoms with E-state index < -0.39 is 14.6 Å². The second-order valence-corrected chi connectivity index (χ2v) is 12.2. The summed E-state index contributed by atoms with van der Waals surface area (Å²) in [6.07, 6.45) is 4.61. The minimum atomic E-state index is -1.75. The Morgan fingerprint density at radius 3 is 2.39 bits per heavy atom. The molecule has 0 bridgehead atoms. The second kappa shape index (κ2) is 4.58. The topological polar surface area (TPSA) is 38.7 Å². The highest BCUT2D eigenvalue weighted by Gasteiger charge is 2.52. The Kier molecular flexibility index (Phi) is 3.69. The highest BCUT2D eigenvalue weighted by molar-refractivity contribution is 6.74. The van der Waals surface area contributed by atoms with Crippen LogP contribution in [-0.2, 0) is 9.16 Å². The lowest BCUT2D eigenvalue weighted by atomic mass is 9.96. The maximum atomic E-state index is 9.66. The fraction of sp³-hybridized carbons (Fsp3) is 1.00. The van der Waals surface area contributed by atoms with E-state index in [1.54, 1.807) is 0 Å². The lowest BCUT2D eigenvalue weighted by Crippen LogP contribution is -2.50. The summed E-state index contributed by atoms with van der Waals surface area (Å²) >= 11 is 0. The highest BCUT2D eigenvalue weighted by Crippen LogP contribution is 2.47. The molecule has 1 unspecified atom stereocenters. The predicted octanol–water partition coefficient (Wildman–Crippen LogP) is 3.43. The van der Waals surface area contributed by atoms with Crippen LogP contribution >= 0.6 is 0 Å². The van der Waals surface area contributed by atoms with E-state index in [1.165, 1.54) is 0 Å². The quantitative estimate of drug-likeness (QED) is 0.783. The third-order valence-electron chi connectivity index (χ3n) is 5.08. The molecule has 1 N–H and O–H groups in total. The Bertz CT molecular complexity index is 311. The predicted molar refractivity (Wildman–Crippen MR) is 75.0 cm³/mol. The molecule has 1 saturated carbocycles. The summed E-state index contributed by atoms with van der Waals surface area (Å²) in [5.74, 6) is 0. The van der Waals surface area contributed by atoms with E-state index in [-0.39, 0.29) is 16.7 Å². The van der Waals surface area contributed by atoms with Gasteiger partial charge < -0.3 is 14.3 Å². The molecule has 0 aromatic rings. The van der Waals surface area contributed by atoms with Crippen LogP contribution in [0.2, 0.25) is 18.1 Å². The van der Waals surface area contributed by atoms with Crippen LogP contribution in [0.15, 0.2) is 0 Å². The summed E-state index contributed by atoms with van der Waals surface area (Å²) in [5, 5.41) is 9.89. The molecule has 3 nitrogen and oxygen atoms in total. The van der Waals surface area contributed by atoms with Crippen molar-refractivity contribution in [3.05, 3.63) is 0 Å². The first-order valence-corrected chi connectivity index (χ1v) is 10.1. The van der Waals surface area contributed by atoms with Gasteiger partial charge in [0, 0.05) is 6.42 Å². The smallest absolute Gasteiger partial charge is 0.192 e. The van der Waals surface area contributed by atoms with Crippen molar-refractivity contribution in [1.82, 2.24) is 0 Å². The summed E-state index contributed by atoms with van der Waals surface area (Å²) in [6.45, 7) is 11.4. The molecule has 1 spiro atoms. The van der Waals surface area contributed by atoms with Gasteiger partial charge in [0.2, 0.25) is 0 Å². The van der Waals surface area contributed by atoms with Gasteiger partial charge in [0.25, 0.3) is 0 Å². The van der Waals surface area contributed by atoms with Gasteiger partial charge in [-0.2, -0.15) is 0 Å². The van der Waals surface area contributed by atoms with Gasteiger partial charge >= 0.3 is 0 Å². The van der Waals surface area contributed by atoms with Gasteiger partial charge in [-0.15, -0.1) is 0 Å². The molecule has 2 fully saturated rings. The molecule has 1 aliphatic heterocycles. The van der Waals surface area contributed by atoms with Gasteiger partial charge in [-0.1, -0.05) is 20.8 Å². The SMILES string of the molecule is CC(C)(C)[Si](C)(C)O[C@@H]1CCC[C@]12CCC(O)O2. The average Bonchev–Trinajstić information content (AvgIpc) is 2.74. The molecule has 106 valence electrons. The molecule has 2 rings (SSSR count). The molecule has 1 saturated heterocycles. The molecule has 0 aromatic heterocycles. The minimum absolute atomic E-state index is 0.186. The lowest BCUT2D eigenvalue weighted by molar-refractivity contribution is -0.163. The van der Waals surface area contributed by atoms with Crippen molar-refractivity contribution in [3.8, 4) is 0 Å². The molecule has 2 aliphatic rings. The first-order valence-electron chi connectivity index (χ1n) is 7.20. The van der Waals surface area contributed by atoms with Crippen molar-refractivity contribution in [1.29, 1.82) is 0 Å². The molecule has 1 aliphatic carbocycles. The monoisotopic (exact) mass is 272 g/mol. The van der Waals surface area contributed by atoms with E-state index >= 15 is 0 Å². The number of hydrogen-bond donors (Lipinski definition) is 1. The maximum Gasteiger partial charge on any atom is 0.192 e. The van der Waals surface area contributed by atoms with Crippen molar-refractivity contribution < 1.29 is 14.3 Å². The molecule has 0 radical (unpaired) electrons. The Balaban J connectivity index is 2.09. The first kappa shape index (κ1) is 14.5. The molecular weight excluding hydrogens is 244 g/mol. The fourth-order valence-corrected chi connectivity index (χ4v) is 4.28. The van der Waals surface area contributed by atoms with Gasteiger partial charge in [-0.3, -0.25) is 0 Å². The standard InChI is InChI=1S/C14H28O3Si/c1-13(2,3)18(4,5)17-11-7-6-9-14(11)10-8-12(15)16-14/h11-12,15H,6-10H2,1-5H3/t11-,12?,14+/m1/s1. The van der Waals surface area contributed by atoms with Crippen LogP contribution in [0.25, 0.3) is 0 Å². The zero-order valence-electron chi connectivity index (χ0n) is 12.5. The summed E-state index contributed by atoms with van der Waals surface area (Å²) in [5.41, 5.74) is -0.186. The fourth-order valence-electron chi connectivity index (χ4n) is 2.89. The van der Waals surface area contributed by atoms with Crippen LogP contribution in [0.4, 0.5) is 0 Å². The molecular formula is C14H28O3Si. The Morgan fingerprint density at radius 2 is 1.89 bits per heavy atom. The summed E-state index contributed by atoms with van der Waals surface area (Å²) < 4.78 is 12.4.